The Kier molecular flexibility index (Phi) is 9.27. The van der Waals surface area contributed by atoms with Crippen molar-refractivity contribution in [2.24, 2.45) is 5.92 Å². The minimum absolute atomic E-state index is 0. The molecule has 37 heavy (non-hydrogen) atoms. The first-order valence-electron chi connectivity index (χ1n) is 13.3. The Hall–Kier alpha value is -2.84. The average Bonchev–Trinajstić information content (AvgIpc) is 3.37. The number of halogens is 1. The molecule has 2 aromatic rings. The molecule has 3 aliphatic rings. The van der Waals surface area contributed by atoms with Gasteiger partial charge in [0.25, 0.3) is 0 Å². The maximum Gasteiger partial charge on any atom is 0.305 e. The molecule has 0 bridgehead atoms. The van der Waals surface area contributed by atoms with Crippen LogP contribution in [0.15, 0.2) is 30.3 Å². The molecule has 0 radical (unpaired) electrons. The summed E-state index contributed by atoms with van der Waals surface area (Å²) in [6.45, 7) is 4.22. The van der Waals surface area contributed by atoms with Crippen LogP contribution in [-0.4, -0.2) is 59.7 Å². The number of carboxylic acids is 1. The highest BCUT2D eigenvalue weighted by molar-refractivity contribution is 5.85. The fourth-order valence-corrected chi connectivity index (χ4v) is 5.74. The van der Waals surface area contributed by atoms with Crippen molar-refractivity contribution in [2.75, 3.05) is 38.1 Å². The SMILES string of the molecule is Cl.O=C(O)CC(NC(=O)[C@@H]1CCCN(CCCc2ccc3c(n2)NCCC3)C1)c1cccc2c1CCO2. The van der Waals surface area contributed by atoms with E-state index in [0.29, 0.717) is 13.2 Å². The summed E-state index contributed by atoms with van der Waals surface area (Å²) in [4.78, 5) is 32.0. The second-order valence-electron chi connectivity index (χ2n) is 10.2. The Morgan fingerprint density at radius 1 is 1.22 bits per heavy atom. The number of benzene rings is 1. The number of nitrogens with zero attached hydrogens (tertiary/aromatic N) is 2. The molecule has 0 spiro atoms. The van der Waals surface area contributed by atoms with Crippen LogP contribution in [0.25, 0.3) is 0 Å². The first-order chi connectivity index (χ1) is 17.6. The molecular formula is C28H37ClN4O4. The maximum absolute atomic E-state index is 13.3. The Morgan fingerprint density at radius 3 is 2.97 bits per heavy atom. The number of fused-ring (bicyclic) bond motifs is 2. The fraction of sp³-hybridized carbons (Fsp3) is 0.536. The summed E-state index contributed by atoms with van der Waals surface area (Å²) in [5.41, 5.74) is 4.30. The summed E-state index contributed by atoms with van der Waals surface area (Å²) in [5.74, 6) is 0.734. The van der Waals surface area contributed by atoms with Crippen LogP contribution >= 0.6 is 12.4 Å². The van der Waals surface area contributed by atoms with Crippen LogP contribution in [0.5, 0.6) is 5.75 Å². The number of anilines is 1. The Labute approximate surface area is 224 Å². The third kappa shape index (κ3) is 6.73. The fourth-order valence-electron chi connectivity index (χ4n) is 5.74. The third-order valence-electron chi connectivity index (χ3n) is 7.58. The normalized spacial score (nSPS) is 19.4. The zero-order valence-corrected chi connectivity index (χ0v) is 22.0. The van der Waals surface area contributed by atoms with Gasteiger partial charge in [-0.3, -0.25) is 9.59 Å². The van der Waals surface area contributed by atoms with Gasteiger partial charge in [0.05, 0.1) is 25.0 Å². The smallest absolute Gasteiger partial charge is 0.305 e. The summed E-state index contributed by atoms with van der Waals surface area (Å²) >= 11 is 0. The van der Waals surface area contributed by atoms with Crippen LogP contribution in [0.2, 0.25) is 0 Å². The highest BCUT2D eigenvalue weighted by atomic mass is 35.5. The standard InChI is InChI=1S/C28H36N4O4.ClH/c33-26(34)17-24(22-8-1-9-25-23(22)12-16-36-25)31-28(35)20-6-3-14-32(18-20)15-4-7-21-11-10-19-5-2-13-29-27(19)30-21;/h1,8-11,20,24H,2-7,12-18H2,(H,29,30)(H,31,35)(H,33,34);1H/t20-,24?;/m1./s1. The van der Waals surface area contributed by atoms with E-state index in [1.54, 1.807) is 0 Å². The van der Waals surface area contributed by atoms with Crippen molar-refractivity contribution in [1.82, 2.24) is 15.2 Å². The molecule has 0 saturated carbocycles. The van der Waals surface area contributed by atoms with Gasteiger partial charge in [-0.25, -0.2) is 4.98 Å². The number of hydrogen-bond donors (Lipinski definition) is 3. The molecule has 1 aromatic carbocycles. The van der Waals surface area contributed by atoms with Gasteiger partial charge in [-0.05, 0) is 74.9 Å². The van der Waals surface area contributed by atoms with E-state index < -0.39 is 12.0 Å². The van der Waals surface area contributed by atoms with Crippen molar-refractivity contribution in [3.05, 3.63) is 52.7 Å². The number of aryl methyl sites for hydroxylation is 2. The summed E-state index contributed by atoms with van der Waals surface area (Å²) in [5, 5.41) is 16.0. The number of carbonyl (C=O) groups is 2. The number of hydrogen-bond acceptors (Lipinski definition) is 6. The summed E-state index contributed by atoms with van der Waals surface area (Å²) < 4.78 is 5.65. The van der Waals surface area contributed by atoms with Gasteiger partial charge in [0.2, 0.25) is 5.91 Å². The maximum atomic E-state index is 13.3. The number of ether oxygens (including phenoxy) is 1. The molecule has 8 nitrogen and oxygen atoms in total. The molecule has 200 valence electrons. The van der Waals surface area contributed by atoms with Crippen molar-refractivity contribution in [1.29, 1.82) is 0 Å². The molecule has 3 aliphatic heterocycles. The van der Waals surface area contributed by atoms with Crippen LogP contribution in [0.3, 0.4) is 0 Å². The first kappa shape index (κ1) is 27.2. The quantitative estimate of drug-likeness (QED) is 0.455. The van der Waals surface area contributed by atoms with Crippen molar-refractivity contribution >= 4 is 30.1 Å². The highest BCUT2D eigenvalue weighted by Gasteiger charge is 2.30. The number of nitrogens with one attached hydrogen (secondary N) is 2. The zero-order valence-electron chi connectivity index (χ0n) is 21.2. The van der Waals surface area contributed by atoms with Gasteiger partial charge in [-0.1, -0.05) is 18.2 Å². The van der Waals surface area contributed by atoms with E-state index in [9.17, 15) is 14.7 Å². The third-order valence-corrected chi connectivity index (χ3v) is 7.58. The lowest BCUT2D eigenvalue weighted by Gasteiger charge is -2.33. The largest absolute Gasteiger partial charge is 0.493 e. The summed E-state index contributed by atoms with van der Waals surface area (Å²) in [6.07, 6.45) is 6.58. The van der Waals surface area contributed by atoms with Gasteiger partial charge in [0.15, 0.2) is 0 Å². The van der Waals surface area contributed by atoms with Gasteiger partial charge in [-0.2, -0.15) is 0 Å². The molecule has 1 amide bonds. The molecule has 1 aromatic heterocycles. The number of aromatic nitrogens is 1. The van der Waals surface area contributed by atoms with Crippen molar-refractivity contribution in [3.8, 4) is 5.75 Å². The van der Waals surface area contributed by atoms with Crippen LogP contribution in [0, 0.1) is 5.92 Å². The minimum Gasteiger partial charge on any atom is -0.493 e. The number of carbonyl (C=O) groups excluding carboxylic acids is 1. The van der Waals surface area contributed by atoms with Crippen molar-refractivity contribution < 1.29 is 19.4 Å². The number of carboxylic acid groups (broad SMARTS) is 1. The summed E-state index contributed by atoms with van der Waals surface area (Å²) in [7, 11) is 0. The van der Waals surface area contributed by atoms with E-state index in [-0.39, 0.29) is 30.7 Å². The van der Waals surface area contributed by atoms with Gasteiger partial charge < -0.3 is 25.4 Å². The Morgan fingerprint density at radius 2 is 2.11 bits per heavy atom. The molecule has 4 heterocycles. The monoisotopic (exact) mass is 528 g/mol. The lowest BCUT2D eigenvalue weighted by Crippen LogP contribution is -2.44. The van der Waals surface area contributed by atoms with Crippen molar-refractivity contribution in [3.63, 3.8) is 0 Å². The Balaban J connectivity index is 0.00000320. The molecule has 2 atom stereocenters. The zero-order chi connectivity index (χ0) is 24.9. The highest BCUT2D eigenvalue weighted by Crippen LogP contribution is 2.33. The van der Waals surface area contributed by atoms with E-state index in [4.69, 9.17) is 9.72 Å². The second-order valence-corrected chi connectivity index (χ2v) is 10.2. The lowest BCUT2D eigenvalue weighted by molar-refractivity contribution is -0.138. The second kappa shape index (κ2) is 12.6. The number of aliphatic carboxylic acids is 1. The van der Waals surface area contributed by atoms with E-state index in [0.717, 1.165) is 93.0 Å². The molecule has 3 N–H and O–H groups in total. The Bertz CT molecular complexity index is 1110. The molecular weight excluding hydrogens is 492 g/mol. The van der Waals surface area contributed by atoms with Crippen LogP contribution in [-0.2, 0) is 28.9 Å². The molecule has 9 heteroatoms. The predicted molar refractivity (Wildman–Crippen MR) is 145 cm³/mol. The molecule has 1 fully saturated rings. The number of rotatable bonds is 9. The summed E-state index contributed by atoms with van der Waals surface area (Å²) in [6, 6.07) is 9.49. The number of amides is 1. The molecule has 0 aliphatic carbocycles. The van der Waals surface area contributed by atoms with Crippen LogP contribution in [0.4, 0.5) is 5.82 Å². The van der Waals surface area contributed by atoms with E-state index in [1.807, 2.05) is 18.2 Å². The van der Waals surface area contributed by atoms with Crippen LogP contribution in [0.1, 0.15) is 60.5 Å². The van der Waals surface area contributed by atoms with Gasteiger partial charge in [-0.15, -0.1) is 12.4 Å². The number of piperidine rings is 1. The average molecular weight is 529 g/mol. The molecule has 1 unspecified atom stereocenters. The van der Waals surface area contributed by atoms with Gasteiger partial charge in [0.1, 0.15) is 11.6 Å². The van der Waals surface area contributed by atoms with E-state index in [1.165, 1.54) is 5.56 Å². The van der Waals surface area contributed by atoms with Crippen LogP contribution < -0.4 is 15.4 Å². The van der Waals surface area contributed by atoms with Gasteiger partial charge >= 0.3 is 5.97 Å². The first-order valence-corrected chi connectivity index (χ1v) is 13.3. The minimum atomic E-state index is -0.923. The number of likely N-dealkylation sites (tertiary alicyclic amines) is 1. The number of pyridine rings is 1. The topological polar surface area (TPSA) is 104 Å². The lowest BCUT2D eigenvalue weighted by atomic mass is 9.93. The van der Waals surface area contributed by atoms with Crippen molar-refractivity contribution in [2.45, 2.75) is 57.4 Å². The van der Waals surface area contributed by atoms with E-state index >= 15 is 0 Å². The predicted octanol–water partition coefficient (Wildman–Crippen LogP) is 3.77. The van der Waals surface area contributed by atoms with Gasteiger partial charge in [0, 0.05) is 30.8 Å². The molecule has 1 saturated heterocycles. The molecule has 5 rings (SSSR count). The van der Waals surface area contributed by atoms with E-state index in [2.05, 4.69) is 27.7 Å².